The van der Waals surface area contributed by atoms with Gasteiger partial charge in [-0.15, -0.1) is 0 Å². The molecule has 2 N–H and O–H groups in total. The third kappa shape index (κ3) is 5.57. The third-order valence-electron chi connectivity index (χ3n) is 3.93. The number of piperidine rings is 1. The molecular formula is C16H24ClNO3. The molecule has 21 heavy (non-hydrogen) atoms. The Hall–Kier alpha value is -0.650. The van der Waals surface area contributed by atoms with Crippen molar-refractivity contribution >= 4 is 11.6 Å². The van der Waals surface area contributed by atoms with Gasteiger partial charge in [0.15, 0.2) is 0 Å². The Morgan fingerprint density at radius 2 is 2.10 bits per heavy atom. The quantitative estimate of drug-likeness (QED) is 0.810. The van der Waals surface area contributed by atoms with Crippen LogP contribution in [0.3, 0.4) is 0 Å². The predicted octanol–water partition coefficient (Wildman–Crippen LogP) is 2.24. The lowest BCUT2D eigenvalue weighted by Gasteiger charge is -2.32. The van der Waals surface area contributed by atoms with E-state index in [1.54, 1.807) is 0 Å². The first-order valence-corrected chi connectivity index (χ1v) is 7.95. The Morgan fingerprint density at radius 3 is 2.76 bits per heavy atom. The van der Waals surface area contributed by atoms with Gasteiger partial charge in [-0.05, 0) is 37.0 Å². The summed E-state index contributed by atoms with van der Waals surface area (Å²) in [4.78, 5) is 2.35. The van der Waals surface area contributed by atoms with Gasteiger partial charge in [-0.25, -0.2) is 0 Å². The number of hydrogen-bond acceptors (Lipinski definition) is 4. The van der Waals surface area contributed by atoms with Crippen LogP contribution >= 0.6 is 11.6 Å². The summed E-state index contributed by atoms with van der Waals surface area (Å²) >= 11 is 5.94. The van der Waals surface area contributed by atoms with Gasteiger partial charge in [0.05, 0.1) is 25.4 Å². The number of aliphatic hydroxyl groups excluding tert-OH is 2. The molecule has 1 atom stereocenters. The molecule has 0 spiro atoms. The van der Waals surface area contributed by atoms with Gasteiger partial charge in [0.1, 0.15) is 0 Å². The Morgan fingerprint density at radius 1 is 1.33 bits per heavy atom. The molecule has 0 saturated carbocycles. The fraction of sp³-hybridized carbons (Fsp3) is 0.625. The second-order valence-electron chi connectivity index (χ2n) is 5.49. The maximum Gasteiger partial charge on any atom is 0.0802 e. The van der Waals surface area contributed by atoms with Crippen molar-refractivity contribution in [1.82, 2.24) is 4.90 Å². The zero-order valence-electron chi connectivity index (χ0n) is 12.2. The number of benzene rings is 1. The van der Waals surface area contributed by atoms with Crippen molar-refractivity contribution in [2.45, 2.75) is 31.5 Å². The topological polar surface area (TPSA) is 52.9 Å². The number of rotatable bonds is 7. The van der Waals surface area contributed by atoms with Gasteiger partial charge in [-0.1, -0.05) is 23.7 Å². The number of nitrogens with zero attached hydrogens (tertiary/aromatic N) is 1. The van der Waals surface area contributed by atoms with E-state index in [1.807, 2.05) is 24.3 Å². The van der Waals surface area contributed by atoms with Crippen LogP contribution in [0.1, 0.15) is 30.9 Å². The monoisotopic (exact) mass is 313 g/mol. The smallest absolute Gasteiger partial charge is 0.0802 e. The average molecular weight is 314 g/mol. The van der Waals surface area contributed by atoms with Crippen LogP contribution in [0.15, 0.2) is 24.3 Å². The highest BCUT2D eigenvalue weighted by molar-refractivity contribution is 6.30. The van der Waals surface area contributed by atoms with Crippen molar-refractivity contribution in [2.75, 3.05) is 32.8 Å². The van der Waals surface area contributed by atoms with E-state index in [0.29, 0.717) is 18.1 Å². The van der Waals surface area contributed by atoms with E-state index in [1.165, 1.54) is 0 Å². The summed E-state index contributed by atoms with van der Waals surface area (Å²) in [5.74, 6) is 0. The number of likely N-dealkylation sites (tertiary alicyclic amines) is 1. The summed E-state index contributed by atoms with van der Waals surface area (Å²) in [5, 5.41) is 19.6. The molecule has 0 amide bonds. The number of aliphatic hydroxyl groups is 2. The largest absolute Gasteiger partial charge is 0.394 e. The number of ether oxygens (including phenoxy) is 1. The minimum atomic E-state index is -0.466. The Labute approximate surface area is 131 Å². The van der Waals surface area contributed by atoms with Crippen molar-refractivity contribution in [3.05, 3.63) is 34.9 Å². The first-order valence-electron chi connectivity index (χ1n) is 7.57. The molecule has 1 saturated heterocycles. The molecule has 1 aliphatic heterocycles. The van der Waals surface area contributed by atoms with E-state index in [0.717, 1.165) is 38.0 Å². The van der Waals surface area contributed by atoms with E-state index in [4.69, 9.17) is 21.4 Å². The van der Waals surface area contributed by atoms with E-state index in [2.05, 4.69) is 4.90 Å². The molecule has 0 radical (unpaired) electrons. The SMILES string of the molecule is OCCOC1CCN(CCC(O)c2cccc(Cl)c2)CC1. The number of halogens is 1. The van der Waals surface area contributed by atoms with Gasteiger partial charge in [-0.3, -0.25) is 0 Å². The molecule has 0 aromatic heterocycles. The third-order valence-corrected chi connectivity index (χ3v) is 4.17. The van der Waals surface area contributed by atoms with Crippen LogP contribution in [0, 0.1) is 0 Å². The highest BCUT2D eigenvalue weighted by Crippen LogP contribution is 2.21. The zero-order valence-corrected chi connectivity index (χ0v) is 13.0. The van der Waals surface area contributed by atoms with Gasteiger partial charge in [0.2, 0.25) is 0 Å². The van der Waals surface area contributed by atoms with Gasteiger partial charge in [0.25, 0.3) is 0 Å². The standard InChI is InChI=1S/C16H24ClNO3/c17-14-3-1-2-13(12-14)16(20)6-9-18-7-4-15(5-8-18)21-11-10-19/h1-3,12,15-16,19-20H,4-11H2. The van der Waals surface area contributed by atoms with Crippen LogP contribution in [0.25, 0.3) is 0 Å². The van der Waals surface area contributed by atoms with Crippen molar-refractivity contribution in [1.29, 1.82) is 0 Å². The molecule has 5 heteroatoms. The van der Waals surface area contributed by atoms with Crippen LogP contribution in [-0.2, 0) is 4.74 Å². The molecule has 1 heterocycles. The molecule has 1 unspecified atom stereocenters. The Balaban J connectivity index is 1.69. The fourth-order valence-corrected chi connectivity index (χ4v) is 2.90. The van der Waals surface area contributed by atoms with E-state index < -0.39 is 6.10 Å². The summed E-state index contributed by atoms with van der Waals surface area (Å²) in [7, 11) is 0. The molecule has 4 nitrogen and oxygen atoms in total. The molecule has 118 valence electrons. The average Bonchev–Trinajstić information content (AvgIpc) is 2.51. The lowest BCUT2D eigenvalue weighted by molar-refractivity contribution is -0.00958. The molecule has 0 bridgehead atoms. The van der Waals surface area contributed by atoms with Gasteiger partial charge in [-0.2, -0.15) is 0 Å². The van der Waals surface area contributed by atoms with Crippen LogP contribution in [-0.4, -0.2) is 54.1 Å². The van der Waals surface area contributed by atoms with E-state index in [9.17, 15) is 5.11 Å². The first kappa shape index (κ1) is 16.7. The molecule has 0 aliphatic carbocycles. The second kappa shape index (κ2) is 8.71. The van der Waals surface area contributed by atoms with Crippen LogP contribution in [0.5, 0.6) is 0 Å². The summed E-state index contributed by atoms with van der Waals surface area (Å²) < 4.78 is 5.55. The number of hydrogen-bond donors (Lipinski definition) is 2. The lowest BCUT2D eigenvalue weighted by Crippen LogP contribution is -2.38. The van der Waals surface area contributed by atoms with Crippen LogP contribution in [0.2, 0.25) is 5.02 Å². The lowest BCUT2D eigenvalue weighted by atomic mass is 10.0. The van der Waals surface area contributed by atoms with Crippen LogP contribution in [0.4, 0.5) is 0 Å². The van der Waals surface area contributed by atoms with Gasteiger partial charge >= 0.3 is 0 Å². The minimum Gasteiger partial charge on any atom is -0.394 e. The molecular weight excluding hydrogens is 290 g/mol. The Kier molecular flexibility index (Phi) is 6.93. The van der Waals surface area contributed by atoms with Crippen molar-refractivity contribution in [3.8, 4) is 0 Å². The van der Waals surface area contributed by atoms with Crippen molar-refractivity contribution in [3.63, 3.8) is 0 Å². The normalized spacial score (nSPS) is 18.8. The van der Waals surface area contributed by atoms with E-state index in [-0.39, 0.29) is 12.7 Å². The van der Waals surface area contributed by atoms with Crippen LogP contribution < -0.4 is 0 Å². The summed E-state index contributed by atoms with van der Waals surface area (Å²) in [5.41, 5.74) is 0.878. The van der Waals surface area contributed by atoms with Crippen molar-refractivity contribution < 1.29 is 14.9 Å². The maximum absolute atomic E-state index is 10.2. The predicted molar refractivity (Wildman–Crippen MR) is 83.5 cm³/mol. The highest BCUT2D eigenvalue weighted by Gasteiger charge is 2.20. The minimum absolute atomic E-state index is 0.0893. The van der Waals surface area contributed by atoms with Crippen molar-refractivity contribution in [2.24, 2.45) is 0 Å². The van der Waals surface area contributed by atoms with E-state index >= 15 is 0 Å². The molecule has 1 aliphatic rings. The molecule has 1 fully saturated rings. The Bertz CT molecular complexity index is 422. The summed E-state index contributed by atoms with van der Waals surface area (Å²) in [6, 6.07) is 7.41. The maximum atomic E-state index is 10.2. The fourth-order valence-electron chi connectivity index (χ4n) is 2.70. The summed E-state index contributed by atoms with van der Waals surface area (Å²) in [6.45, 7) is 3.36. The van der Waals surface area contributed by atoms with Gasteiger partial charge in [0, 0.05) is 24.7 Å². The molecule has 1 aromatic carbocycles. The molecule has 2 rings (SSSR count). The highest BCUT2D eigenvalue weighted by atomic mass is 35.5. The van der Waals surface area contributed by atoms with Gasteiger partial charge < -0.3 is 19.8 Å². The zero-order chi connectivity index (χ0) is 15.1. The second-order valence-corrected chi connectivity index (χ2v) is 5.93. The summed E-state index contributed by atoms with van der Waals surface area (Å²) in [6.07, 6.45) is 2.50. The molecule has 1 aromatic rings. The first-order chi connectivity index (χ1) is 10.2.